The summed E-state index contributed by atoms with van der Waals surface area (Å²) in [5, 5.41) is 11.6. The summed E-state index contributed by atoms with van der Waals surface area (Å²) in [4.78, 5) is 24.0. The Labute approximate surface area is 102 Å². The number of carboxylic acids is 1. The van der Waals surface area contributed by atoms with Crippen LogP contribution in [-0.2, 0) is 4.79 Å². The van der Waals surface area contributed by atoms with E-state index in [-0.39, 0.29) is 23.9 Å². The van der Waals surface area contributed by atoms with E-state index in [1.54, 1.807) is 4.90 Å². The van der Waals surface area contributed by atoms with Crippen molar-refractivity contribution in [2.45, 2.75) is 45.6 Å². The number of urea groups is 1. The summed E-state index contributed by atoms with van der Waals surface area (Å²) in [5.74, 6) is -0.672. The van der Waals surface area contributed by atoms with Gasteiger partial charge in [-0.15, -0.1) is 0 Å². The third kappa shape index (κ3) is 4.24. The Kier molecular flexibility index (Phi) is 4.37. The lowest BCUT2D eigenvalue weighted by Gasteiger charge is -2.40. The molecule has 0 radical (unpaired) electrons. The SMILES string of the molecule is CCCC(C)(C)NC(=O)N1CC(CC(=O)O)C1. The lowest BCUT2D eigenvalue weighted by Crippen LogP contribution is -2.58. The Hall–Kier alpha value is -1.26. The molecule has 0 aromatic heterocycles. The van der Waals surface area contributed by atoms with E-state index in [9.17, 15) is 9.59 Å². The molecule has 17 heavy (non-hydrogen) atoms. The van der Waals surface area contributed by atoms with Crippen LogP contribution in [0.5, 0.6) is 0 Å². The highest BCUT2D eigenvalue weighted by atomic mass is 16.4. The van der Waals surface area contributed by atoms with Gasteiger partial charge in [0.25, 0.3) is 0 Å². The van der Waals surface area contributed by atoms with Crippen molar-refractivity contribution < 1.29 is 14.7 Å². The standard InChI is InChI=1S/C12H22N2O3/c1-4-5-12(2,3)13-11(17)14-7-9(8-14)6-10(15)16/h9H,4-8H2,1-3H3,(H,13,17)(H,15,16). The molecule has 0 saturated carbocycles. The van der Waals surface area contributed by atoms with E-state index < -0.39 is 5.97 Å². The average molecular weight is 242 g/mol. The molecule has 2 amide bonds. The van der Waals surface area contributed by atoms with Crippen LogP contribution in [0.4, 0.5) is 4.79 Å². The van der Waals surface area contributed by atoms with Gasteiger partial charge in [-0.05, 0) is 20.3 Å². The Morgan fingerprint density at radius 2 is 2.00 bits per heavy atom. The lowest BCUT2D eigenvalue weighted by atomic mass is 9.96. The average Bonchev–Trinajstić information content (AvgIpc) is 2.08. The first-order valence-corrected chi connectivity index (χ1v) is 6.13. The molecule has 0 aliphatic carbocycles. The van der Waals surface area contributed by atoms with Gasteiger partial charge in [-0.3, -0.25) is 4.79 Å². The van der Waals surface area contributed by atoms with Gasteiger partial charge < -0.3 is 15.3 Å². The molecule has 1 aliphatic heterocycles. The summed E-state index contributed by atoms with van der Waals surface area (Å²) in [6, 6.07) is -0.0786. The molecule has 98 valence electrons. The van der Waals surface area contributed by atoms with Gasteiger partial charge in [-0.2, -0.15) is 0 Å². The van der Waals surface area contributed by atoms with Crippen molar-refractivity contribution in [1.82, 2.24) is 10.2 Å². The van der Waals surface area contributed by atoms with Crippen LogP contribution in [0.1, 0.15) is 40.0 Å². The van der Waals surface area contributed by atoms with Crippen molar-refractivity contribution in [3.63, 3.8) is 0 Å². The molecule has 1 heterocycles. The fourth-order valence-corrected chi connectivity index (χ4v) is 2.17. The molecule has 0 bridgehead atoms. The van der Waals surface area contributed by atoms with E-state index in [0.717, 1.165) is 12.8 Å². The molecule has 0 atom stereocenters. The number of aliphatic carboxylic acids is 1. The molecular formula is C12H22N2O3. The number of hydrogen-bond acceptors (Lipinski definition) is 2. The number of hydrogen-bond donors (Lipinski definition) is 2. The number of carboxylic acid groups (broad SMARTS) is 1. The van der Waals surface area contributed by atoms with Crippen molar-refractivity contribution in [3.05, 3.63) is 0 Å². The van der Waals surface area contributed by atoms with Gasteiger partial charge in [0.2, 0.25) is 0 Å². The minimum atomic E-state index is -0.790. The zero-order valence-corrected chi connectivity index (χ0v) is 10.8. The second-order valence-electron chi connectivity index (χ2n) is 5.43. The molecule has 5 heteroatoms. The second-order valence-corrected chi connectivity index (χ2v) is 5.43. The van der Waals surface area contributed by atoms with Gasteiger partial charge in [0.1, 0.15) is 0 Å². The summed E-state index contributed by atoms with van der Waals surface area (Å²) in [7, 11) is 0. The first-order chi connectivity index (χ1) is 7.84. The number of rotatable bonds is 5. The maximum atomic E-state index is 11.8. The van der Waals surface area contributed by atoms with Crippen LogP contribution < -0.4 is 5.32 Å². The maximum Gasteiger partial charge on any atom is 0.317 e. The molecule has 1 aliphatic rings. The third-order valence-corrected chi connectivity index (χ3v) is 3.03. The zero-order valence-electron chi connectivity index (χ0n) is 10.8. The second kappa shape index (κ2) is 5.38. The van der Waals surface area contributed by atoms with Gasteiger partial charge >= 0.3 is 12.0 Å². The molecule has 1 saturated heterocycles. The van der Waals surface area contributed by atoms with Crippen LogP contribution in [-0.4, -0.2) is 40.6 Å². The summed E-state index contributed by atoms with van der Waals surface area (Å²) < 4.78 is 0. The van der Waals surface area contributed by atoms with Gasteiger partial charge in [-0.25, -0.2) is 4.79 Å². The Morgan fingerprint density at radius 1 is 1.41 bits per heavy atom. The molecule has 0 unspecified atom stereocenters. The molecular weight excluding hydrogens is 220 g/mol. The zero-order chi connectivity index (χ0) is 13.1. The molecule has 1 rings (SSSR count). The highest BCUT2D eigenvalue weighted by Crippen LogP contribution is 2.20. The predicted octanol–water partition coefficient (Wildman–Crippen LogP) is 1.68. The molecule has 0 spiro atoms. The monoisotopic (exact) mass is 242 g/mol. The van der Waals surface area contributed by atoms with Crippen LogP contribution in [0.15, 0.2) is 0 Å². The number of carbonyl (C=O) groups is 2. The van der Waals surface area contributed by atoms with Gasteiger partial charge in [0, 0.05) is 24.5 Å². The van der Waals surface area contributed by atoms with E-state index in [1.807, 2.05) is 13.8 Å². The summed E-state index contributed by atoms with van der Waals surface area (Å²) in [6.45, 7) is 7.20. The van der Waals surface area contributed by atoms with Crippen molar-refractivity contribution in [2.75, 3.05) is 13.1 Å². The number of likely N-dealkylation sites (tertiary alicyclic amines) is 1. The third-order valence-electron chi connectivity index (χ3n) is 3.03. The fraction of sp³-hybridized carbons (Fsp3) is 0.833. The van der Waals surface area contributed by atoms with Crippen LogP contribution in [0, 0.1) is 5.92 Å². The maximum absolute atomic E-state index is 11.8. The van der Waals surface area contributed by atoms with Gasteiger partial charge in [0.15, 0.2) is 0 Å². The number of carbonyl (C=O) groups excluding carboxylic acids is 1. The molecule has 0 aromatic rings. The topological polar surface area (TPSA) is 69.6 Å². The largest absolute Gasteiger partial charge is 0.481 e. The van der Waals surface area contributed by atoms with E-state index in [1.165, 1.54) is 0 Å². The molecule has 5 nitrogen and oxygen atoms in total. The van der Waals surface area contributed by atoms with E-state index in [2.05, 4.69) is 12.2 Å². The highest BCUT2D eigenvalue weighted by Gasteiger charge is 2.33. The summed E-state index contributed by atoms with van der Waals surface area (Å²) >= 11 is 0. The minimum Gasteiger partial charge on any atom is -0.481 e. The highest BCUT2D eigenvalue weighted by molar-refractivity contribution is 5.76. The number of amides is 2. The quantitative estimate of drug-likeness (QED) is 0.770. The first-order valence-electron chi connectivity index (χ1n) is 6.13. The minimum absolute atomic E-state index is 0.0786. The van der Waals surface area contributed by atoms with Crippen LogP contribution in [0.25, 0.3) is 0 Å². The Bertz CT molecular complexity index is 296. The smallest absolute Gasteiger partial charge is 0.317 e. The number of nitrogens with one attached hydrogen (secondary N) is 1. The Morgan fingerprint density at radius 3 is 2.47 bits per heavy atom. The van der Waals surface area contributed by atoms with Crippen molar-refractivity contribution in [1.29, 1.82) is 0 Å². The summed E-state index contributed by atoms with van der Waals surface area (Å²) in [6.07, 6.45) is 2.11. The normalized spacial score (nSPS) is 16.5. The lowest BCUT2D eigenvalue weighted by molar-refractivity contribution is -0.139. The van der Waals surface area contributed by atoms with E-state index >= 15 is 0 Å². The van der Waals surface area contributed by atoms with Crippen molar-refractivity contribution >= 4 is 12.0 Å². The summed E-state index contributed by atoms with van der Waals surface area (Å²) in [5.41, 5.74) is -0.191. The fourth-order valence-electron chi connectivity index (χ4n) is 2.17. The molecule has 0 aromatic carbocycles. The van der Waals surface area contributed by atoms with Crippen molar-refractivity contribution in [3.8, 4) is 0 Å². The van der Waals surface area contributed by atoms with E-state index in [0.29, 0.717) is 13.1 Å². The van der Waals surface area contributed by atoms with Crippen LogP contribution in [0.3, 0.4) is 0 Å². The molecule has 2 N–H and O–H groups in total. The van der Waals surface area contributed by atoms with Crippen molar-refractivity contribution in [2.24, 2.45) is 5.92 Å². The van der Waals surface area contributed by atoms with Crippen LogP contribution in [0.2, 0.25) is 0 Å². The number of nitrogens with zero attached hydrogens (tertiary/aromatic N) is 1. The van der Waals surface area contributed by atoms with Crippen LogP contribution >= 0.6 is 0 Å². The van der Waals surface area contributed by atoms with Gasteiger partial charge in [-0.1, -0.05) is 13.3 Å². The van der Waals surface area contributed by atoms with Gasteiger partial charge in [0.05, 0.1) is 6.42 Å². The predicted molar refractivity (Wildman–Crippen MR) is 64.8 cm³/mol. The van der Waals surface area contributed by atoms with E-state index in [4.69, 9.17) is 5.11 Å². The first kappa shape index (κ1) is 13.8. The Balaban J connectivity index is 2.30. The molecule has 1 fully saturated rings.